The third kappa shape index (κ3) is 11.8. The number of carbonyl (C=O) groups excluding carboxylic acids is 1. The largest absolute Gasteiger partial charge is 1.00 e. The molecule has 0 aromatic carbocycles. The summed E-state index contributed by atoms with van der Waals surface area (Å²) in [4.78, 5) is 11.6. The Bertz CT molecular complexity index is 391. The summed E-state index contributed by atoms with van der Waals surface area (Å²) in [6, 6.07) is 0.524. The van der Waals surface area contributed by atoms with E-state index in [-0.39, 0.29) is 24.5 Å². The van der Waals surface area contributed by atoms with Gasteiger partial charge in [0.05, 0.1) is 25.7 Å². The molecule has 0 spiro atoms. The van der Waals surface area contributed by atoms with Crippen LogP contribution in [0.4, 0.5) is 0 Å². The number of hydrogen-bond donors (Lipinski definition) is 1. The first-order valence-corrected chi connectivity index (χ1v) is 10.7. The maximum Gasteiger partial charge on any atom is 0.333 e. The van der Waals surface area contributed by atoms with E-state index < -0.39 is 0 Å². The Kier molecular flexibility index (Phi) is 17.4. The van der Waals surface area contributed by atoms with Crippen LogP contribution >= 0.6 is 0 Å². The summed E-state index contributed by atoms with van der Waals surface area (Å²) in [5.41, 5.74) is 0.459. The van der Waals surface area contributed by atoms with E-state index in [1.54, 1.807) is 6.92 Å². The summed E-state index contributed by atoms with van der Waals surface area (Å²) in [6.45, 7) is 17.5. The zero-order valence-corrected chi connectivity index (χ0v) is 19.2. The van der Waals surface area contributed by atoms with E-state index in [4.69, 9.17) is 4.74 Å². The molecule has 1 N–H and O–H groups in total. The molecule has 0 bridgehead atoms. The van der Waals surface area contributed by atoms with Crippen LogP contribution in [-0.2, 0) is 9.53 Å². The highest BCUT2D eigenvalue weighted by Gasteiger charge is 2.36. The predicted octanol–water partition coefficient (Wildman–Crippen LogP) is 1.86. The minimum absolute atomic E-state index is 0. The molecule has 162 valence electrons. The molecule has 0 aliphatic carbocycles. The Morgan fingerprint density at radius 2 is 1.59 bits per heavy atom. The molecule has 0 saturated heterocycles. The van der Waals surface area contributed by atoms with Gasteiger partial charge in [0.1, 0.15) is 12.6 Å². The van der Waals surface area contributed by atoms with Crippen molar-refractivity contribution < 1.29 is 31.5 Å². The van der Waals surface area contributed by atoms with Gasteiger partial charge < -0.3 is 26.7 Å². The Morgan fingerprint density at radius 1 is 1.04 bits per heavy atom. The van der Waals surface area contributed by atoms with Gasteiger partial charge >= 0.3 is 5.97 Å². The van der Waals surface area contributed by atoms with Gasteiger partial charge in [-0.3, -0.25) is 0 Å². The molecule has 0 aliphatic rings. The second-order valence-corrected chi connectivity index (χ2v) is 7.91. The van der Waals surface area contributed by atoms with Gasteiger partial charge in [0.25, 0.3) is 0 Å². The van der Waals surface area contributed by atoms with Crippen molar-refractivity contribution in [2.75, 3.05) is 26.2 Å². The van der Waals surface area contributed by atoms with Gasteiger partial charge in [-0.15, -0.1) is 0 Å². The summed E-state index contributed by atoms with van der Waals surface area (Å²) >= 11 is 0. The van der Waals surface area contributed by atoms with E-state index in [2.05, 4.69) is 27.4 Å². The fourth-order valence-electron chi connectivity index (χ4n) is 3.91. The van der Waals surface area contributed by atoms with Gasteiger partial charge in [0.2, 0.25) is 0 Å². The topological polar surface area (TPSA) is 46.5 Å². The van der Waals surface area contributed by atoms with E-state index >= 15 is 0 Å². The Morgan fingerprint density at radius 3 is 2.00 bits per heavy atom. The maximum absolute atomic E-state index is 11.6. The molecule has 5 heteroatoms. The first-order chi connectivity index (χ1) is 12.3. The monoisotopic (exact) mass is 405 g/mol. The van der Waals surface area contributed by atoms with Crippen LogP contribution in [0.5, 0.6) is 0 Å². The lowest BCUT2D eigenvalue weighted by Crippen LogP contribution is -3.00. The van der Waals surface area contributed by atoms with E-state index in [1.165, 1.54) is 25.7 Å². The third-order valence-electron chi connectivity index (χ3n) is 5.20. The second-order valence-electron chi connectivity index (χ2n) is 7.91. The van der Waals surface area contributed by atoms with Gasteiger partial charge in [-0.1, -0.05) is 46.6 Å². The van der Waals surface area contributed by atoms with Crippen LogP contribution in [0.25, 0.3) is 0 Å². The number of quaternary nitrogens is 1. The Hall–Kier alpha value is -0.580. The number of aliphatic hydroxyl groups excluding tert-OH is 1. The van der Waals surface area contributed by atoms with Gasteiger partial charge in [0, 0.05) is 12.0 Å². The molecule has 2 atom stereocenters. The smallest absolute Gasteiger partial charge is 0.333 e. The number of rotatable bonds is 16. The van der Waals surface area contributed by atoms with Crippen molar-refractivity contribution in [1.29, 1.82) is 0 Å². The average Bonchev–Trinajstić information content (AvgIpc) is 2.59. The number of aliphatic hydroxyl groups is 1. The quantitative estimate of drug-likeness (QED) is 0.184. The molecule has 0 radical (unpaired) electrons. The zero-order chi connectivity index (χ0) is 20.0. The van der Waals surface area contributed by atoms with Gasteiger partial charge in [-0.2, -0.15) is 0 Å². The van der Waals surface area contributed by atoms with Crippen molar-refractivity contribution in [3.63, 3.8) is 0 Å². The highest BCUT2D eigenvalue weighted by atomic mass is 35.5. The number of carbonyl (C=O) groups is 1. The highest BCUT2D eigenvalue weighted by molar-refractivity contribution is 5.86. The van der Waals surface area contributed by atoms with Gasteiger partial charge in [-0.05, 0) is 39.5 Å². The molecule has 0 heterocycles. The van der Waals surface area contributed by atoms with Gasteiger partial charge in [0.15, 0.2) is 0 Å². The Labute approximate surface area is 174 Å². The average molecular weight is 406 g/mol. The van der Waals surface area contributed by atoms with Crippen LogP contribution in [-0.4, -0.2) is 53.9 Å². The van der Waals surface area contributed by atoms with Crippen LogP contribution in [0.3, 0.4) is 0 Å². The highest BCUT2D eigenvalue weighted by Crippen LogP contribution is 2.26. The number of unbranched alkanes of at least 4 members (excludes halogenated alkanes) is 2. The first kappa shape index (κ1) is 28.6. The summed E-state index contributed by atoms with van der Waals surface area (Å²) in [5, 5.41) is 10.2. The minimum atomic E-state index is -0.293. The van der Waals surface area contributed by atoms with Crippen molar-refractivity contribution in [1.82, 2.24) is 0 Å². The number of ether oxygens (including phenoxy) is 1. The SMILES string of the molecule is C=C(C)C(=O)OCCCC(CCC)[N+](CCCC)(CCCC)CC(C)O.[Cl-]. The van der Waals surface area contributed by atoms with Crippen molar-refractivity contribution in [3.8, 4) is 0 Å². The van der Waals surface area contributed by atoms with Crippen LogP contribution in [0.1, 0.15) is 86.0 Å². The van der Waals surface area contributed by atoms with Crippen molar-refractivity contribution >= 4 is 5.97 Å². The van der Waals surface area contributed by atoms with E-state index in [0.717, 1.165) is 49.8 Å². The summed E-state index contributed by atoms with van der Waals surface area (Å²) < 4.78 is 6.31. The predicted molar refractivity (Wildman–Crippen MR) is 110 cm³/mol. The van der Waals surface area contributed by atoms with Crippen LogP contribution in [0.15, 0.2) is 12.2 Å². The van der Waals surface area contributed by atoms with Crippen molar-refractivity contribution in [2.24, 2.45) is 0 Å². The Balaban J connectivity index is 0. The molecule has 0 rings (SSSR count). The second kappa shape index (κ2) is 16.4. The number of nitrogens with zero attached hydrogens (tertiary/aromatic N) is 1. The van der Waals surface area contributed by atoms with E-state index in [0.29, 0.717) is 18.2 Å². The van der Waals surface area contributed by atoms with Gasteiger partial charge in [-0.25, -0.2) is 4.79 Å². The standard InChI is InChI=1S/C22H44NO3.ClH/c1-7-10-15-23(16-11-8-2,18-20(6)24)21(13-9-3)14-12-17-26-22(25)19(4)5;/h20-21,24H,4,7-18H2,1-3,5-6H3;1H/q+1;/p-1. The minimum Gasteiger partial charge on any atom is -1.00 e. The maximum atomic E-state index is 11.6. The molecule has 0 fully saturated rings. The number of halogens is 1. The normalized spacial score (nSPS) is 13.6. The van der Waals surface area contributed by atoms with Crippen molar-refractivity contribution in [3.05, 3.63) is 12.2 Å². The van der Waals surface area contributed by atoms with Crippen LogP contribution < -0.4 is 12.4 Å². The lowest BCUT2D eigenvalue weighted by Gasteiger charge is -2.46. The molecule has 0 aliphatic heterocycles. The lowest BCUT2D eigenvalue weighted by molar-refractivity contribution is -0.954. The number of hydrogen-bond acceptors (Lipinski definition) is 3. The summed E-state index contributed by atoms with van der Waals surface area (Å²) in [5.74, 6) is -0.293. The fraction of sp³-hybridized carbons (Fsp3) is 0.864. The molecule has 27 heavy (non-hydrogen) atoms. The zero-order valence-electron chi connectivity index (χ0n) is 18.4. The molecule has 4 nitrogen and oxygen atoms in total. The summed E-state index contributed by atoms with van der Waals surface area (Å²) in [6.07, 6.45) is 8.69. The number of esters is 1. The molecular formula is C22H44ClNO3. The molecular weight excluding hydrogens is 362 g/mol. The van der Waals surface area contributed by atoms with E-state index in [1.807, 2.05) is 6.92 Å². The van der Waals surface area contributed by atoms with Crippen LogP contribution in [0, 0.1) is 0 Å². The van der Waals surface area contributed by atoms with E-state index in [9.17, 15) is 9.90 Å². The fourth-order valence-corrected chi connectivity index (χ4v) is 3.91. The lowest BCUT2D eigenvalue weighted by atomic mass is 9.98. The third-order valence-corrected chi connectivity index (χ3v) is 5.20. The molecule has 0 amide bonds. The first-order valence-electron chi connectivity index (χ1n) is 10.7. The molecule has 0 aromatic heterocycles. The molecule has 2 unspecified atom stereocenters. The summed E-state index contributed by atoms with van der Waals surface area (Å²) in [7, 11) is 0. The molecule has 0 aromatic rings. The van der Waals surface area contributed by atoms with Crippen LogP contribution in [0.2, 0.25) is 0 Å². The van der Waals surface area contributed by atoms with Crippen molar-refractivity contribution in [2.45, 2.75) is 98.1 Å². The molecule has 0 saturated carbocycles.